The van der Waals surface area contributed by atoms with Gasteiger partial charge < -0.3 is 24.8 Å². The van der Waals surface area contributed by atoms with E-state index in [9.17, 15) is 23.3 Å². The molecule has 2 aromatic heterocycles. The molecule has 0 amide bonds. The Labute approximate surface area is 361 Å². The van der Waals surface area contributed by atoms with Gasteiger partial charge in [0, 0.05) is 86.1 Å². The summed E-state index contributed by atoms with van der Waals surface area (Å²) in [4.78, 5) is 40.0. The highest BCUT2D eigenvalue weighted by Crippen LogP contribution is 2.75. The number of ketones is 1. The number of alkyl halides is 1. The zero-order valence-electron chi connectivity index (χ0n) is 35.1. The number of nitro groups is 1. The first kappa shape index (κ1) is 40.6. The zero-order valence-corrected chi connectivity index (χ0v) is 36.7. The number of ether oxygens (including phenoxy) is 1. The molecule has 11 rings (SSSR count). The van der Waals surface area contributed by atoms with Crippen molar-refractivity contribution in [3.63, 3.8) is 0 Å². The van der Waals surface area contributed by atoms with E-state index < -0.39 is 26.3 Å². The number of rotatable bonds is 13. The molecule has 7 aliphatic rings. The van der Waals surface area contributed by atoms with Gasteiger partial charge in [-0.3, -0.25) is 19.8 Å². The van der Waals surface area contributed by atoms with Crippen LogP contribution in [-0.2, 0) is 9.84 Å². The van der Waals surface area contributed by atoms with Crippen LogP contribution in [0.4, 0.5) is 17.1 Å². The van der Waals surface area contributed by atoms with Crippen molar-refractivity contribution in [2.24, 2.45) is 16.2 Å². The number of carbonyl (C=O) groups excluding carboxylic acids is 1. The summed E-state index contributed by atoms with van der Waals surface area (Å²) in [6.45, 7) is 11.2. The summed E-state index contributed by atoms with van der Waals surface area (Å²) in [5.74, 6) is -0.953. The highest BCUT2D eigenvalue weighted by atomic mass is 35.5. The van der Waals surface area contributed by atoms with E-state index >= 15 is 0 Å². The van der Waals surface area contributed by atoms with Crippen LogP contribution in [0.5, 0.6) is 11.5 Å². The minimum absolute atomic E-state index is 0.0487. The van der Waals surface area contributed by atoms with Gasteiger partial charge in [-0.2, -0.15) is 0 Å². The number of H-pyrrole nitrogens is 1. The SMILES string of the molecule is CN1CC2(CC(Nc3ccc(S(=O)(=O)CC(=O)c4ccc(N5CCN(CC6=C(C78CC(Cl)(C7)C8)CC(C)(C)CC6)CC5)cc4Oc4cnc5[nH]ccc5c4)cc3[N+](=O)[O-])C2)C1. The van der Waals surface area contributed by atoms with Crippen LogP contribution in [-0.4, -0.2) is 108 Å². The first-order valence-corrected chi connectivity index (χ1v) is 23.6. The fourth-order valence-electron chi connectivity index (χ4n) is 11.6. The number of aromatic amines is 1. The maximum absolute atomic E-state index is 14.1. The molecule has 0 radical (unpaired) electrons. The summed E-state index contributed by atoms with van der Waals surface area (Å²) < 4.78 is 34.0. The van der Waals surface area contributed by atoms with Crippen molar-refractivity contribution >= 4 is 55.3 Å². The zero-order chi connectivity index (χ0) is 42.5. The van der Waals surface area contributed by atoms with Gasteiger partial charge in [0.15, 0.2) is 15.6 Å². The Kier molecular flexibility index (Phi) is 9.67. The van der Waals surface area contributed by atoms with Gasteiger partial charge in [-0.05, 0) is 111 Å². The van der Waals surface area contributed by atoms with Gasteiger partial charge in [-0.15, -0.1) is 11.6 Å². The molecule has 1 spiro atoms. The first-order valence-electron chi connectivity index (χ1n) is 21.6. The molecular weight excluding hydrogens is 814 g/mol. The second-order valence-electron chi connectivity index (χ2n) is 20.1. The van der Waals surface area contributed by atoms with Crippen LogP contribution in [0.1, 0.15) is 75.6 Å². The standard InChI is InChI=1S/C46H54ClN7O6S/c1-43(2)10-8-31(37(21-43)45-25-46(47,26-45)27-45)23-52-12-14-53(15-13-52)33-4-6-36(41(17-33)60-34-16-30-9-11-48-42(30)49-22-34)40(55)24-61(58,59)35-5-7-38(39(18-35)54(56)57)50-32-19-44(20-32)28-51(3)29-44/h4-7,9,11,16-18,22,32,50H,8,10,12-15,19-21,23-29H2,1-3H3,(H,48,49). The third kappa shape index (κ3) is 7.61. The molecule has 2 saturated heterocycles. The predicted molar refractivity (Wildman–Crippen MR) is 237 cm³/mol. The lowest BCUT2D eigenvalue weighted by Gasteiger charge is -2.70. The van der Waals surface area contributed by atoms with Crippen molar-refractivity contribution in [1.29, 1.82) is 0 Å². The molecule has 0 unspecified atom stereocenters. The van der Waals surface area contributed by atoms with Crippen molar-refractivity contribution in [2.45, 2.75) is 81.0 Å². The number of nitrogens with zero attached hydrogens (tertiary/aromatic N) is 5. The lowest BCUT2D eigenvalue weighted by Crippen LogP contribution is -2.65. The van der Waals surface area contributed by atoms with Gasteiger partial charge >= 0.3 is 0 Å². The van der Waals surface area contributed by atoms with E-state index in [1.807, 2.05) is 24.3 Å². The summed E-state index contributed by atoms with van der Waals surface area (Å²) in [7, 11) is -2.21. The number of likely N-dealkylation sites (tertiary alicyclic amines) is 1. The van der Waals surface area contributed by atoms with Crippen molar-refractivity contribution in [2.75, 3.05) is 68.8 Å². The summed E-state index contributed by atoms with van der Waals surface area (Å²) in [6.07, 6.45) is 12.1. The molecule has 0 atom stereocenters. The Morgan fingerprint density at radius 1 is 1.05 bits per heavy atom. The molecule has 2 aliphatic heterocycles. The fraction of sp³-hybridized carbons (Fsp3) is 0.522. The molecule has 13 nitrogen and oxygen atoms in total. The van der Waals surface area contributed by atoms with Crippen molar-refractivity contribution in [1.82, 2.24) is 19.8 Å². The molecule has 5 aliphatic carbocycles. The van der Waals surface area contributed by atoms with Crippen LogP contribution in [0.15, 0.2) is 77.0 Å². The Morgan fingerprint density at radius 3 is 2.51 bits per heavy atom. The molecule has 6 fully saturated rings. The third-order valence-corrected chi connectivity index (χ3v) is 16.6. The molecule has 15 heteroatoms. The van der Waals surface area contributed by atoms with Crippen molar-refractivity contribution in [3.8, 4) is 11.5 Å². The summed E-state index contributed by atoms with van der Waals surface area (Å²) in [5, 5.41) is 16.3. The van der Waals surface area contributed by atoms with Gasteiger partial charge in [0.05, 0.1) is 21.6 Å². The lowest BCUT2D eigenvalue weighted by atomic mass is 9.39. The number of hydrogen-bond acceptors (Lipinski definition) is 11. The van der Waals surface area contributed by atoms with E-state index in [1.54, 1.807) is 29.6 Å². The van der Waals surface area contributed by atoms with Crippen molar-refractivity contribution in [3.05, 3.63) is 87.7 Å². The first-order chi connectivity index (χ1) is 29.0. The van der Waals surface area contributed by atoms with Gasteiger partial charge in [0.1, 0.15) is 28.6 Å². The number of sulfone groups is 1. The number of aromatic nitrogens is 2. The Morgan fingerprint density at radius 2 is 1.80 bits per heavy atom. The minimum atomic E-state index is -4.28. The number of benzene rings is 2. The molecule has 2 bridgehead atoms. The highest BCUT2D eigenvalue weighted by Gasteiger charge is 2.69. The molecule has 4 saturated carbocycles. The van der Waals surface area contributed by atoms with Gasteiger partial charge in [-0.25, -0.2) is 13.4 Å². The van der Waals surface area contributed by atoms with Crippen LogP contribution in [0, 0.1) is 26.4 Å². The molecule has 322 valence electrons. The number of piperazine rings is 1. The van der Waals surface area contributed by atoms with Crippen LogP contribution in [0.25, 0.3) is 11.0 Å². The van der Waals surface area contributed by atoms with Crippen molar-refractivity contribution < 1.29 is 22.9 Å². The number of pyridine rings is 1. The fourth-order valence-corrected chi connectivity index (χ4v) is 13.6. The van der Waals surface area contributed by atoms with E-state index in [4.69, 9.17) is 16.3 Å². The van der Waals surface area contributed by atoms with Crippen LogP contribution in [0.2, 0.25) is 0 Å². The molecule has 4 heterocycles. The smallest absolute Gasteiger partial charge is 0.293 e. The molecule has 4 aromatic rings. The monoisotopic (exact) mass is 867 g/mol. The normalized spacial score (nSPS) is 26.0. The van der Waals surface area contributed by atoms with Crippen LogP contribution >= 0.6 is 11.6 Å². The number of allylic oxidation sites excluding steroid dienone is 1. The molecule has 61 heavy (non-hydrogen) atoms. The Balaban J connectivity index is 0.857. The lowest BCUT2D eigenvalue weighted by molar-refractivity contribution is -0.384. The average molecular weight is 869 g/mol. The maximum atomic E-state index is 14.1. The topological polar surface area (TPSA) is 154 Å². The predicted octanol–water partition coefficient (Wildman–Crippen LogP) is 8.22. The second kappa shape index (κ2) is 14.5. The largest absolute Gasteiger partial charge is 0.455 e. The number of anilines is 2. The number of nitrogens with one attached hydrogen (secondary N) is 2. The van der Waals surface area contributed by atoms with E-state index in [2.05, 4.69) is 50.9 Å². The average Bonchev–Trinajstić information content (AvgIpc) is 3.64. The van der Waals surface area contributed by atoms with E-state index in [0.29, 0.717) is 22.2 Å². The summed E-state index contributed by atoms with van der Waals surface area (Å²) in [6, 6.07) is 12.9. The quantitative estimate of drug-likeness (QED) is 0.0440. The van der Waals surface area contributed by atoms with E-state index in [0.717, 1.165) is 101 Å². The van der Waals surface area contributed by atoms with Gasteiger partial charge in [0.25, 0.3) is 5.69 Å². The number of fused-ring (bicyclic) bond motifs is 1. The number of carbonyl (C=O) groups is 1. The molecule has 2 N–H and O–H groups in total. The van der Waals surface area contributed by atoms with Gasteiger partial charge in [0.2, 0.25) is 0 Å². The second-order valence-corrected chi connectivity index (χ2v) is 22.8. The summed E-state index contributed by atoms with van der Waals surface area (Å²) >= 11 is 6.75. The maximum Gasteiger partial charge on any atom is 0.293 e. The van der Waals surface area contributed by atoms with Gasteiger partial charge in [-0.1, -0.05) is 25.0 Å². The number of halogens is 1. The Hall–Kier alpha value is -4.50. The highest BCUT2D eigenvalue weighted by molar-refractivity contribution is 7.92. The third-order valence-electron chi connectivity index (χ3n) is 14.6. The Bertz CT molecular complexity index is 2560. The number of Topliss-reactive ketones (excluding diaryl/α,β-unsaturated/α-hetero) is 1. The number of nitro benzene ring substituents is 1. The van der Waals surface area contributed by atoms with E-state index in [-0.39, 0.29) is 43.9 Å². The number of hydrogen-bond donors (Lipinski definition) is 2. The molecular formula is C46H54ClN7O6S. The van der Waals surface area contributed by atoms with Crippen LogP contribution in [0.3, 0.4) is 0 Å². The molecule has 2 aromatic carbocycles. The van der Waals surface area contributed by atoms with E-state index in [1.165, 1.54) is 25.0 Å². The minimum Gasteiger partial charge on any atom is -0.455 e. The van der Waals surface area contributed by atoms with Crippen LogP contribution < -0.4 is 15.0 Å². The summed E-state index contributed by atoms with van der Waals surface area (Å²) in [5.41, 5.74) is 5.83.